The number of methoxy groups -OCH3 is 1. The molecule has 2 heterocycles. The molecule has 8 heteroatoms. The first kappa shape index (κ1) is 20.4. The van der Waals surface area contributed by atoms with Crippen LogP contribution < -0.4 is 4.90 Å². The van der Waals surface area contributed by atoms with Gasteiger partial charge in [0.25, 0.3) is 0 Å². The summed E-state index contributed by atoms with van der Waals surface area (Å²) in [4.78, 5) is 22.8. The summed E-state index contributed by atoms with van der Waals surface area (Å²) in [6.07, 6.45) is 4.09. The van der Waals surface area contributed by atoms with Gasteiger partial charge < -0.3 is 4.74 Å². The number of nitrogens with zero attached hydrogens (tertiary/aromatic N) is 3. The Morgan fingerprint density at radius 3 is 2.77 bits per heavy atom. The Hall–Kier alpha value is -2.87. The van der Waals surface area contributed by atoms with Crippen molar-refractivity contribution >= 4 is 45.0 Å². The standard InChI is InChI=1S/C22H22BrN5O2/c1-30-19(29)10-8-17-22(25)28(21(24)13-5-6-13)18-9-7-14(23)12-15(18)20(27-17)16-4-2-3-11-26-16/h2-4,7,9,11-13,17,24-25H,5-6,8,10H2,1H3/t17-/m0/s1. The Labute approximate surface area is 183 Å². The fraction of sp³-hybridized carbons (Fsp3) is 0.318. The maximum atomic E-state index is 11.8. The third-order valence-electron chi connectivity index (χ3n) is 5.26. The van der Waals surface area contributed by atoms with Crippen LogP contribution in [0.25, 0.3) is 0 Å². The first-order valence-electron chi connectivity index (χ1n) is 9.82. The van der Waals surface area contributed by atoms with Crippen LogP contribution in [0.4, 0.5) is 5.69 Å². The number of aliphatic imine (C=N–C) groups is 1. The van der Waals surface area contributed by atoms with Gasteiger partial charge in [0.15, 0.2) is 0 Å². The molecule has 0 saturated heterocycles. The molecule has 2 N–H and O–H groups in total. The minimum absolute atomic E-state index is 0.146. The van der Waals surface area contributed by atoms with Gasteiger partial charge >= 0.3 is 5.97 Å². The summed E-state index contributed by atoms with van der Waals surface area (Å²) in [6.45, 7) is 0. The topological polar surface area (TPSA) is 102 Å². The summed E-state index contributed by atoms with van der Waals surface area (Å²) in [6, 6.07) is 10.8. The quantitative estimate of drug-likeness (QED) is 0.390. The van der Waals surface area contributed by atoms with E-state index in [1.165, 1.54) is 7.11 Å². The van der Waals surface area contributed by atoms with Crippen LogP contribution in [0.2, 0.25) is 0 Å². The van der Waals surface area contributed by atoms with Gasteiger partial charge in [-0.3, -0.25) is 30.5 Å². The number of carbonyl (C=O) groups is 1. The smallest absolute Gasteiger partial charge is 0.305 e. The molecule has 1 fully saturated rings. The minimum atomic E-state index is -0.591. The molecule has 1 aromatic carbocycles. The van der Waals surface area contributed by atoms with Crippen molar-refractivity contribution in [2.75, 3.05) is 12.0 Å². The summed E-state index contributed by atoms with van der Waals surface area (Å²) in [5, 5.41) is 17.7. The summed E-state index contributed by atoms with van der Waals surface area (Å²) in [5.74, 6) is 0.416. The first-order chi connectivity index (χ1) is 14.5. The van der Waals surface area contributed by atoms with Gasteiger partial charge in [-0.05, 0) is 49.6 Å². The molecule has 1 atom stereocenters. The number of hydrogen-bond acceptors (Lipinski definition) is 6. The second kappa shape index (κ2) is 8.47. The molecule has 154 valence electrons. The molecule has 1 aliphatic heterocycles. The number of pyridine rings is 1. The summed E-state index contributed by atoms with van der Waals surface area (Å²) in [5.41, 5.74) is 2.88. The number of rotatable bonds is 5. The average Bonchev–Trinajstić information content (AvgIpc) is 3.61. The van der Waals surface area contributed by atoms with Crippen LogP contribution in [-0.4, -0.2) is 41.5 Å². The maximum absolute atomic E-state index is 11.8. The second-order valence-corrected chi connectivity index (χ2v) is 8.28. The first-order valence-corrected chi connectivity index (χ1v) is 10.6. The van der Waals surface area contributed by atoms with Crippen molar-refractivity contribution in [3.63, 3.8) is 0 Å². The van der Waals surface area contributed by atoms with Crippen LogP contribution in [0.15, 0.2) is 52.1 Å². The van der Waals surface area contributed by atoms with E-state index in [2.05, 4.69) is 20.9 Å². The molecule has 0 amide bonds. The average molecular weight is 468 g/mol. The lowest BCUT2D eigenvalue weighted by Crippen LogP contribution is -2.42. The van der Waals surface area contributed by atoms with Gasteiger partial charge in [-0.2, -0.15) is 0 Å². The summed E-state index contributed by atoms with van der Waals surface area (Å²) in [7, 11) is 1.35. The van der Waals surface area contributed by atoms with Crippen molar-refractivity contribution in [3.8, 4) is 0 Å². The van der Waals surface area contributed by atoms with Gasteiger partial charge in [0.1, 0.15) is 17.7 Å². The molecule has 2 aromatic rings. The van der Waals surface area contributed by atoms with E-state index in [4.69, 9.17) is 20.5 Å². The number of carbonyl (C=O) groups excluding carboxylic acids is 1. The van der Waals surface area contributed by atoms with Crippen LogP contribution in [0.1, 0.15) is 36.9 Å². The fourth-order valence-corrected chi connectivity index (χ4v) is 3.88. The van der Waals surface area contributed by atoms with E-state index in [-0.39, 0.29) is 24.1 Å². The highest BCUT2D eigenvalue weighted by Gasteiger charge is 2.38. The molecular formula is C22H22BrN5O2. The summed E-state index contributed by atoms with van der Waals surface area (Å²) < 4.78 is 5.66. The van der Waals surface area contributed by atoms with Crippen LogP contribution in [0.5, 0.6) is 0 Å². The van der Waals surface area contributed by atoms with Crippen LogP contribution >= 0.6 is 15.9 Å². The third kappa shape index (κ3) is 4.05. The number of anilines is 1. The maximum Gasteiger partial charge on any atom is 0.305 e. The molecule has 0 spiro atoms. The van der Waals surface area contributed by atoms with Crippen molar-refractivity contribution in [1.82, 2.24) is 4.98 Å². The van der Waals surface area contributed by atoms with Gasteiger partial charge in [0.05, 0.1) is 24.2 Å². The number of benzene rings is 1. The zero-order valence-corrected chi connectivity index (χ0v) is 18.1. The van der Waals surface area contributed by atoms with Crippen molar-refractivity contribution in [2.24, 2.45) is 10.9 Å². The molecule has 0 bridgehead atoms. The van der Waals surface area contributed by atoms with E-state index in [0.29, 0.717) is 23.7 Å². The van der Waals surface area contributed by atoms with Gasteiger partial charge in [0, 0.05) is 28.6 Å². The lowest BCUT2D eigenvalue weighted by atomic mass is 10.0. The number of amidine groups is 2. The molecule has 0 unspecified atom stereocenters. The number of halogens is 1. The predicted molar refractivity (Wildman–Crippen MR) is 120 cm³/mol. The largest absolute Gasteiger partial charge is 0.469 e. The van der Waals surface area contributed by atoms with E-state index < -0.39 is 6.04 Å². The van der Waals surface area contributed by atoms with E-state index in [1.54, 1.807) is 11.1 Å². The Morgan fingerprint density at radius 2 is 2.10 bits per heavy atom. The Bertz CT molecular complexity index is 1030. The lowest BCUT2D eigenvalue weighted by molar-refractivity contribution is -0.140. The second-order valence-electron chi connectivity index (χ2n) is 7.36. The number of benzodiazepines with no additional fused rings is 1. The Morgan fingerprint density at radius 1 is 1.30 bits per heavy atom. The molecule has 1 saturated carbocycles. The van der Waals surface area contributed by atoms with E-state index in [9.17, 15) is 4.79 Å². The number of esters is 1. The molecule has 1 aromatic heterocycles. The lowest BCUT2D eigenvalue weighted by Gasteiger charge is -2.28. The Kier molecular flexibility index (Phi) is 5.76. The van der Waals surface area contributed by atoms with Gasteiger partial charge in [-0.1, -0.05) is 22.0 Å². The highest BCUT2D eigenvalue weighted by Crippen LogP contribution is 2.37. The molecule has 4 rings (SSSR count). The van der Waals surface area contributed by atoms with Crippen molar-refractivity contribution in [2.45, 2.75) is 31.7 Å². The van der Waals surface area contributed by atoms with Gasteiger partial charge in [-0.25, -0.2) is 0 Å². The number of ether oxygens (including phenoxy) is 1. The van der Waals surface area contributed by atoms with E-state index in [0.717, 1.165) is 28.6 Å². The van der Waals surface area contributed by atoms with Gasteiger partial charge in [0.2, 0.25) is 0 Å². The number of fused-ring (bicyclic) bond motifs is 1. The zero-order chi connectivity index (χ0) is 21.3. The van der Waals surface area contributed by atoms with E-state index in [1.807, 2.05) is 36.4 Å². The normalized spacial score (nSPS) is 18.3. The van der Waals surface area contributed by atoms with Crippen LogP contribution in [0.3, 0.4) is 0 Å². The minimum Gasteiger partial charge on any atom is -0.469 e. The number of nitrogens with one attached hydrogen (secondary N) is 2. The van der Waals surface area contributed by atoms with Gasteiger partial charge in [-0.15, -0.1) is 0 Å². The van der Waals surface area contributed by atoms with Crippen molar-refractivity contribution in [1.29, 1.82) is 10.8 Å². The zero-order valence-electron chi connectivity index (χ0n) is 16.6. The fourth-order valence-electron chi connectivity index (χ4n) is 3.52. The number of hydrogen-bond donors (Lipinski definition) is 2. The van der Waals surface area contributed by atoms with Crippen LogP contribution in [0, 0.1) is 16.7 Å². The third-order valence-corrected chi connectivity index (χ3v) is 5.75. The van der Waals surface area contributed by atoms with E-state index >= 15 is 0 Å². The Balaban J connectivity index is 1.86. The van der Waals surface area contributed by atoms with Crippen molar-refractivity contribution in [3.05, 3.63) is 58.3 Å². The molecule has 7 nitrogen and oxygen atoms in total. The molecule has 0 radical (unpaired) electrons. The summed E-state index contributed by atoms with van der Waals surface area (Å²) >= 11 is 3.54. The molecule has 1 aliphatic carbocycles. The molecule has 2 aliphatic rings. The molecular weight excluding hydrogens is 446 g/mol. The van der Waals surface area contributed by atoms with Crippen LogP contribution in [-0.2, 0) is 9.53 Å². The predicted octanol–water partition coefficient (Wildman–Crippen LogP) is 4.19. The molecule has 30 heavy (non-hydrogen) atoms. The SMILES string of the molecule is COC(=O)CC[C@@H]1N=C(c2ccccn2)c2cc(Br)ccc2N(C(=N)C2CC2)C1=N. The monoisotopic (exact) mass is 467 g/mol. The highest BCUT2D eigenvalue weighted by molar-refractivity contribution is 9.10. The number of aromatic nitrogens is 1. The highest BCUT2D eigenvalue weighted by atomic mass is 79.9. The van der Waals surface area contributed by atoms with Crippen molar-refractivity contribution < 1.29 is 9.53 Å².